The van der Waals surface area contributed by atoms with Crippen molar-refractivity contribution in [2.45, 2.75) is 31.1 Å². The van der Waals surface area contributed by atoms with Gasteiger partial charge in [0.1, 0.15) is 18.6 Å². The fraction of sp³-hybridized carbons (Fsp3) is 0.643. The minimum atomic E-state index is -5.19. The van der Waals surface area contributed by atoms with Crippen LogP contribution in [0.3, 0.4) is 0 Å². The highest BCUT2D eigenvalue weighted by molar-refractivity contribution is 7.99. The molecule has 18 heteroatoms. The first kappa shape index (κ1) is 28.8. The summed E-state index contributed by atoms with van der Waals surface area (Å²) in [5.41, 5.74) is 11.6. The topological polar surface area (TPSA) is 249 Å². The first-order valence-electron chi connectivity index (χ1n) is 8.86. The van der Waals surface area contributed by atoms with Crippen molar-refractivity contribution in [1.82, 2.24) is 10.6 Å². The minimum Gasteiger partial charge on any atom is -0.542 e. The molecule has 0 saturated heterocycles. The van der Waals surface area contributed by atoms with Crippen LogP contribution in [0.15, 0.2) is 5.11 Å². The van der Waals surface area contributed by atoms with Crippen molar-refractivity contribution in [3.63, 3.8) is 0 Å². The largest absolute Gasteiger partial charge is 0.542 e. The van der Waals surface area contributed by atoms with Gasteiger partial charge in [0.2, 0.25) is 11.8 Å². The first-order chi connectivity index (χ1) is 15.1. The van der Waals surface area contributed by atoms with Crippen LogP contribution >= 0.6 is 11.8 Å². The number of halogens is 3. The molecule has 0 aromatic heterocycles. The van der Waals surface area contributed by atoms with Crippen molar-refractivity contribution in [1.29, 1.82) is 0 Å². The van der Waals surface area contributed by atoms with Crippen molar-refractivity contribution in [3.8, 4) is 0 Å². The molecule has 0 aliphatic heterocycles. The Morgan fingerprint density at radius 3 is 2.28 bits per heavy atom. The monoisotopic (exact) mass is 491 g/mol. The second-order valence-corrected chi connectivity index (χ2v) is 6.59. The molecule has 7 N–H and O–H groups in total. The van der Waals surface area contributed by atoms with E-state index in [-0.39, 0.29) is 24.3 Å². The van der Waals surface area contributed by atoms with Gasteiger partial charge in [0.05, 0.1) is 0 Å². The van der Waals surface area contributed by atoms with Crippen LogP contribution in [0.2, 0.25) is 0 Å². The van der Waals surface area contributed by atoms with E-state index in [1.54, 1.807) is 0 Å². The van der Waals surface area contributed by atoms with Crippen LogP contribution in [-0.4, -0.2) is 82.8 Å². The molecular formula is C14H21F3N6O8S. The molecule has 182 valence electrons. The average Bonchev–Trinajstić information content (AvgIpc) is 2.69. The molecule has 0 spiro atoms. The van der Waals surface area contributed by atoms with Crippen LogP contribution in [0.4, 0.5) is 13.2 Å². The molecule has 0 aliphatic carbocycles. The van der Waals surface area contributed by atoms with Crippen LogP contribution in [0.25, 0.3) is 10.4 Å². The third kappa shape index (κ3) is 17.6. The van der Waals surface area contributed by atoms with Gasteiger partial charge in [-0.1, -0.05) is 5.11 Å². The number of aliphatic carboxylic acids is 3. The van der Waals surface area contributed by atoms with Crippen molar-refractivity contribution in [2.24, 2.45) is 5.11 Å². The third-order valence-electron chi connectivity index (χ3n) is 2.98. The van der Waals surface area contributed by atoms with Gasteiger partial charge in [-0.05, 0) is 11.3 Å². The fourth-order valence-corrected chi connectivity index (χ4v) is 2.25. The average molecular weight is 491 g/mol. The lowest BCUT2D eigenvalue weighted by Gasteiger charge is -2.17. The molecule has 0 aliphatic rings. The number of carbonyl (C=O) groups excluding carboxylic acids is 3. The number of carbonyl (C=O) groups is 5. The first-order valence-corrected chi connectivity index (χ1v) is 9.44. The second-order valence-electron chi connectivity index (χ2n) is 5.52. The number of quaternary nitrogens is 1. The highest BCUT2D eigenvalue weighted by Crippen LogP contribution is 2.11. The number of hydrogen-bond acceptors (Lipinski definition) is 8. The Morgan fingerprint density at radius 1 is 1.28 bits per heavy atom. The molecule has 3 atom stereocenters. The molecule has 0 saturated carbocycles. The van der Waals surface area contributed by atoms with E-state index in [4.69, 9.17) is 27.0 Å². The van der Waals surface area contributed by atoms with E-state index in [0.29, 0.717) is 0 Å². The van der Waals surface area contributed by atoms with Gasteiger partial charge < -0.3 is 36.5 Å². The molecule has 0 aromatic rings. The summed E-state index contributed by atoms with van der Waals surface area (Å²) in [7, 11) is 0. The Balaban J connectivity index is 0. The summed E-state index contributed by atoms with van der Waals surface area (Å²) in [6, 6.07) is -2.06. The normalized spacial score (nSPS) is 13.6. The SMILES string of the molecule is O=C([O-])C(F)(F)F.[2H]C(CSC[C@H](NC(=O)CC[C@H]([NH3+])C(=O)O)C(=O)NCC(=O)O)N=[N+]=[N-]. The molecule has 0 fully saturated rings. The van der Waals surface area contributed by atoms with Gasteiger partial charge in [0, 0.05) is 31.4 Å². The van der Waals surface area contributed by atoms with Gasteiger partial charge in [-0.25, -0.2) is 4.79 Å². The van der Waals surface area contributed by atoms with E-state index in [2.05, 4.69) is 26.4 Å². The second kappa shape index (κ2) is 16.5. The number of rotatable bonds is 13. The summed E-state index contributed by atoms with van der Waals surface area (Å²) in [5, 5.41) is 33.8. The summed E-state index contributed by atoms with van der Waals surface area (Å²) >= 11 is 1.06. The maximum Gasteiger partial charge on any atom is 0.430 e. The van der Waals surface area contributed by atoms with Crippen LogP contribution in [-0.2, 0) is 24.0 Å². The van der Waals surface area contributed by atoms with Crippen molar-refractivity contribution >= 4 is 41.5 Å². The zero-order chi connectivity index (χ0) is 26.2. The van der Waals surface area contributed by atoms with Crippen molar-refractivity contribution in [2.75, 3.05) is 24.6 Å². The predicted octanol–water partition coefficient (Wildman–Crippen LogP) is -2.51. The van der Waals surface area contributed by atoms with Gasteiger partial charge >= 0.3 is 18.1 Å². The lowest BCUT2D eigenvalue weighted by molar-refractivity contribution is -0.408. The minimum absolute atomic E-state index is 0.0141. The van der Waals surface area contributed by atoms with E-state index in [1.165, 1.54) is 0 Å². The van der Waals surface area contributed by atoms with E-state index in [9.17, 15) is 32.3 Å². The summed E-state index contributed by atoms with van der Waals surface area (Å²) in [4.78, 5) is 56.3. The molecule has 2 amide bonds. The number of thioether (sulfide) groups is 1. The number of nitrogens with zero attached hydrogens (tertiary/aromatic N) is 3. The summed E-state index contributed by atoms with van der Waals surface area (Å²) in [6.45, 7) is -1.69. The smallest absolute Gasteiger partial charge is 0.430 e. The standard InChI is InChI=1S/C12H20N6O6S.C2HF3O2/c13-7(12(23)24)1-2-9(19)17-8(6-25-4-3-16-18-14)11(22)15-5-10(20)21;3-2(4,5)1(6)7/h7-8H,1-6,13H2,(H,15,22)(H,17,19)(H,20,21)(H,23,24);(H,6,7)/t7-,8-;/m0./s1/i3D;/t3?,7-,8-;. The molecule has 0 bridgehead atoms. The Morgan fingerprint density at radius 2 is 1.84 bits per heavy atom. The van der Waals surface area contributed by atoms with Crippen LogP contribution in [0, 0.1) is 0 Å². The molecule has 14 nitrogen and oxygen atoms in total. The number of carboxylic acid groups (broad SMARTS) is 3. The van der Waals surface area contributed by atoms with Crippen LogP contribution < -0.4 is 21.5 Å². The number of azide groups is 1. The lowest BCUT2D eigenvalue weighted by Crippen LogP contribution is -2.65. The highest BCUT2D eigenvalue weighted by atomic mass is 32.2. The molecule has 0 heterocycles. The number of carboxylic acids is 3. The molecular weight excluding hydrogens is 469 g/mol. The Labute approximate surface area is 183 Å². The molecule has 32 heavy (non-hydrogen) atoms. The quantitative estimate of drug-likeness (QED) is 0.103. The van der Waals surface area contributed by atoms with E-state index in [0.717, 1.165) is 11.8 Å². The van der Waals surface area contributed by atoms with E-state index >= 15 is 0 Å². The van der Waals surface area contributed by atoms with Gasteiger partial charge in [-0.3, -0.25) is 14.4 Å². The van der Waals surface area contributed by atoms with Crippen LogP contribution in [0.5, 0.6) is 0 Å². The summed E-state index contributed by atoms with van der Waals surface area (Å²) in [6.07, 6.45) is -5.39. The Hall–Kier alpha value is -3.24. The van der Waals surface area contributed by atoms with Crippen molar-refractivity contribution in [3.05, 3.63) is 10.4 Å². The molecule has 0 rings (SSSR count). The summed E-state index contributed by atoms with van der Waals surface area (Å²) < 4.78 is 38.9. The van der Waals surface area contributed by atoms with E-state index in [1.807, 2.05) is 0 Å². The lowest BCUT2D eigenvalue weighted by atomic mass is 10.1. The maximum absolute atomic E-state index is 12.0. The Kier molecular flexibility index (Phi) is 14.8. The molecule has 0 radical (unpaired) electrons. The number of nitrogens with one attached hydrogen (secondary N) is 2. The van der Waals surface area contributed by atoms with Gasteiger partial charge in [0.15, 0.2) is 6.04 Å². The molecule has 1 unspecified atom stereocenters. The van der Waals surface area contributed by atoms with Gasteiger partial charge in [-0.2, -0.15) is 24.9 Å². The van der Waals surface area contributed by atoms with Crippen molar-refractivity contribution < 1.29 is 59.6 Å². The number of alkyl halides is 3. The van der Waals surface area contributed by atoms with Crippen LogP contribution in [0.1, 0.15) is 14.2 Å². The van der Waals surface area contributed by atoms with Gasteiger partial charge in [-0.15, -0.1) is 0 Å². The number of amides is 2. The summed E-state index contributed by atoms with van der Waals surface area (Å²) in [5.74, 6) is -6.65. The maximum atomic E-state index is 12.0. The number of hydrogen-bond donors (Lipinski definition) is 5. The Bertz CT molecular complexity index is 753. The molecule has 0 aromatic carbocycles. The zero-order valence-electron chi connectivity index (χ0n) is 17.2. The highest BCUT2D eigenvalue weighted by Gasteiger charge is 2.28. The van der Waals surface area contributed by atoms with E-state index < -0.39 is 61.0 Å². The predicted molar refractivity (Wildman–Crippen MR) is 98.5 cm³/mol. The third-order valence-corrected chi connectivity index (χ3v) is 3.93. The fourth-order valence-electron chi connectivity index (χ4n) is 1.47. The zero-order valence-corrected chi connectivity index (χ0v) is 17.0. The van der Waals surface area contributed by atoms with Gasteiger partial charge in [0.25, 0.3) is 0 Å².